The second-order valence-corrected chi connectivity index (χ2v) is 9.06. The van der Waals surface area contributed by atoms with Crippen LogP contribution in [0.2, 0.25) is 0 Å². The summed E-state index contributed by atoms with van der Waals surface area (Å²) in [4.78, 5) is 0. The summed E-state index contributed by atoms with van der Waals surface area (Å²) in [6.07, 6.45) is 3.23. The van der Waals surface area contributed by atoms with E-state index in [2.05, 4.69) is 5.32 Å². The van der Waals surface area contributed by atoms with Crippen LogP contribution in [0.4, 0.5) is 8.78 Å². The molecule has 1 heterocycles. The summed E-state index contributed by atoms with van der Waals surface area (Å²) in [6.45, 7) is 3.72. The third kappa shape index (κ3) is 3.87. The fourth-order valence-electron chi connectivity index (χ4n) is 2.58. The van der Waals surface area contributed by atoms with Crippen LogP contribution >= 0.6 is 7.14 Å². The first-order chi connectivity index (χ1) is 8.87. The fraction of sp³-hybridized carbons (Fsp3) is 0.571. The molecule has 0 saturated carbocycles. The Labute approximate surface area is 113 Å². The van der Waals surface area contributed by atoms with E-state index >= 15 is 0 Å². The molecule has 1 atom stereocenters. The largest absolute Gasteiger partial charge is 0.324 e. The Kier molecular flexibility index (Phi) is 4.42. The van der Waals surface area contributed by atoms with Crippen LogP contribution in [0.3, 0.4) is 0 Å². The molecule has 2 nitrogen and oxygen atoms in total. The number of benzene rings is 1. The first kappa shape index (κ1) is 14.7. The Balaban J connectivity index is 1.98. The molecule has 0 bridgehead atoms. The maximum absolute atomic E-state index is 13.7. The van der Waals surface area contributed by atoms with Crippen LogP contribution in [0.15, 0.2) is 18.2 Å². The van der Waals surface area contributed by atoms with Crippen LogP contribution < -0.4 is 5.32 Å². The quantitative estimate of drug-likeness (QED) is 0.857. The monoisotopic (exact) mass is 287 g/mol. The van der Waals surface area contributed by atoms with Crippen LogP contribution in [0.25, 0.3) is 0 Å². The number of hydrogen-bond donors (Lipinski definition) is 1. The highest BCUT2D eigenvalue weighted by Gasteiger charge is 2.26. The van der Waals surface area contributed by atoms with Crippen LogP contribution in [0, 0.1) is 11.6 Å². The van der Waals surface area contributed by atoms with Gasteiger partial charge in [0.2, 0.25) is 0 Å². The number of halogens is 2. The van der Waals surface area contributed by atoms with Crippen molar-refractivity contribution in [2.45, 2.75) is 31.8 Å². The lowest BCUT2D eigenvalue weighted by molar-refractivity contribution is 0.411. The molecule has 0 aromatic heterocycles. The molecule has 1 N–H and O–H groups in total. The van der Waals surface area contributed by atoms with E-state index in [1.165, 1.54) is 12.1 Å². The molecule has 0 amide bonds. The molecule has 0 unspecified atom stereocenters. The van der Waals surface area contributed by atoms with Gasteiger partial charge in [-0.15, -0.1) is 0 Å². The van der Waals surface area contributed by atoms with Gasteiger partial charge < -0.3 is 9.88 Å². The summed E-state index contributed by atoms with van der Waals surface area (Å²) in [5.41, 5.74) is 0.478. The molecule has 0 radical (unpaired) electrons. The molecular weight excluding hydrogens is 267 g/mol. The van der Waals surface area contributed by atoms with Crippen molar-refractivity contribution in [1.82, 2.24) is 5.32 Å². The Morgan fingerprint density at radius 2 is 1.95 bits per heavy atom. The number of rotatable bonds is 3. The zero-order chi connectivity index (χ0) is 14.0. The molecule has 1 aromatic rings. The number of hydrogen-bond acceptors (Lipinski definition) is 2. The molecule has 0 spiro atoms. The molecule has 2 rings (SSSR count). The Bertz CT molecular complexity index is 494. The third-order valence-electron chi connectivity index (χ3n) is 3.82. The second kappa shape index (κ2) is 5.72. The van der Waals surface area contributed by atoms with Crippen molar-refractivity contribution in [2.24, 2.45) is 0 Å². The van der Waals surface area contributed by atoms with Gasteiger partial charge in [0.25, 0.3) is 0 Å². The third-order valence-corrected chi connectivity index (χ3v) is 6.22. The van der Waals surface area contributed by atoms with E-state index in [1.807, 2.05) is 13.6 Å². The predicted octanol–water partition coefficient (Wildman–Crippen LogP) is 3.77. The minimum atomic E-state index is -1.92. The topological polar surface area (TPSA) is 29.1 Å². The SMILES string of the molecule is C[C@@H](NC1CCP(C)(=O)CC1)c1ccc(F)cc1F. The van der Waals surface area contributed by atoms with E-state index < -0.39 is 18.8 Å². The summed E-state index contributed by atoms with van der Waals surface area (Å²) < 4.78 is 38.4. The maximum atomic E-state index is 13.7. The lowest BCUT2D eigenvalue weighted by Crippen LogP contribution is -2.35. The molecule has 5 heteroatoms. The summed E-state index contributed by atoms with van der Waals surface area (Å²) in [5.74, 6) is -1.07. The van der Waals surface area contributed by atoms with E-state index in [4.69, 9.17) is 0 Å². The van der Waals surface area contributed by atoms with Gasteiger partial charge in [-0.3, -0.25) is 0 Å². The Hall–Kier alpha value is -0.730. The summed E-state index contributed by atoms with van der Waals surface area (Å²) >= 11 is 0. The van der Waals surface area contributed by atoms with Gasteiger partial charge in [-0.1, -0.05) is 6.07 Å². The highest BCUT2D eigenvalue weighted by atomic mass is 31.2. The van der Waals surface area contributed by atoms with Crippen molar-refractivity contribution in [3.63, 3.8) is 0 Å². The van der Waals surface area contributed by atoms with Gasteiger partial charge in [-0.2, -0.15) is 0 Å². The smallest absolute Gasteiger partial charge is 0.130 e. The van der Waals surface area contributed by atoms with Crippen molar-refractivity contribution in [2.75, 3.05) is 19.0 Å². The number of nitrogens with one attached hydrogen (secondary N) is 1. The van der Waals surface area contributed by atoms with Crippen molar-refractivity contribution in [1.29, 1.82) is 0 Å². The molecular formula is C14H20F2NOP. The lowest BCUT2D eigenvalue weighted by atomic mass is 10.0. The van der Waals surface area contributed by atoms with Crippen molar-refractivity contribution < 1.29 is 13.3 Å². The van der Waals surface area contributed by atoms with Crippen LogP contribution in [0.5, 0.6) is 0 Å². The minimum absolute atomic E-state index is 0.167. The van der Waals surface area contributed by atoms with E-state index in [0.717, 1.165) is 31.2 Å². The Morgan fingerprint density at radius 1 is 1.32 bits per heavy atom. The summed E-state index contributed by atoms with van der Waals surface area (Å²) in [6, 6.07) is 3.77. The van der Waals surface area contributed by atoms with Crippen LogP contribution in [0.1, 0.15) is 31.4 Å². The minimum Gasteiger partial charge on any atom is -0.324 e. The zero-order valence-electron chi connectivity index (χ0n) is 11.3. The molecule has 1 aromatic carbocycles. The van der Waals surface area contributed by atoms with Crippen LogP contribution in [-0.4, -0.2) is 25.0 Å². The van der Waals surface area contributed by atoms with E-state index in [9.17, 15) is 13.3 Å². The van der Waals surface area contributed by atoms with Crippen molar-refractivity contribution >= 4 is 7.14 Å². The van der Waals surface area contributed by atoms with Gasteiger partial charge in [0.1, 0.15) is 11.6 Å². The lowest BCUT2D eigenvalue weighted by Gasteiger charge is -2.30. The maximum Gasteiger partial charge on any atom is 0.130 e. The average Bonchev–Trinajstić information content (AvgIpc) is 2.31. The molecule has 1 saturated heterocycles. The molecule has 0 aliphatic carbocycles. The van der Waals surface area contributed by atoms with Gasteiger partial charge in [-0.05, 0) is 32.5 Å². The molecule has 19 heavy (non-hydrogen) atoms. The standard InChI is InChI=1S/C14H20F2NOP/c1-10(13-4-3-11(15)9-14(13)16)17-12-5-7-19(2,18)8-6-12/h3-4,9-10,12,17H,5-8H2,1-2H3/t10-,12?,19?/m1/s1. The highest BCUT2D eigenvalue weighted by molar-refractivity contribution is 7.63. The first-order valence-electron chi connectivity index (χ1n) is 6.64. The van der Waals surface area contributed by atoms with Gasteiger partial charge in [0, 0.05) is 36.0 Å². The zero-order valence-corrected chi connectivity index (χ0v) is 12.2. The van der Waals surface area contributed by atoms with E-state index in [-0.39, 0.29) is 12.1 Å². The normalized spacial score (nSPS) is 29.2. The van der Waals surface area contributed by atoms with E-state index in [1.54, 1.807) is 0 Å². The van der Waals surface area contributed by atoms with Gasteiger partial charge in [-0.25, -0.2) is 8.78 Å². The van der Waals surface area contributed by atoms with Crippen molar-refractivity contribution in [3.05, 3.63) is 35.4 Å². The van der Waals surface area contributed by atoms with Gasteiger partial charge >= 0.3 is 0 Å². The molecule has 1 aliphatic rings. The Morgan fingerprint density at radius 3 is 2.53 bits per heavy atom. The average molecular weight is 287 g/mol. The molecule has 106 valence electrons. The van der Waals surface area contributed by atoms with Gasteiger partial charge in [0.05, 0.1) is 7.14 Å². The molecule has 1 aliphatic heterocycles. The van der Waals surface area contributed by atoms with Crippen molar-refractivity contribution in [3.8, 4) is 0 Å². The first-order valence-corrected chi connectivity index (χ1v) is 9.16. The van der Waals surface area contributed by atoms with Crippen LogP contribution in [-0.2, 0) is 4.57 Å². The predicted molar refractivity (Wildman–Crippen MR) is 74.2 cm³/mol. The summed E-state index contributed by atoms with van der Waals surface area (Å²) in [7, 11) is -1.92. The second-order valence-electron chi connectivity index (χ2n) is 5.57. The fourth-order valence-corrected chi connectivity index (χ4v) is 4.52. The highest BCUT2D eigenvalue weighted by Crippen LogP contribution is 2.46. The van der Waals surface area contributed by atoms with E-state index in [0.29, 0.717) is 5.56 Å². The summed E-state index contributed by atoms with van der Waals surface area (Å²) in [5, 5.41) is 3.35. The van der Waals surface area contributed by atoms with Gasteiger partial charge in [0.15, 0.2) is 0 Å². The molecule has 1 fully saturated rings.